The van der Waals surface area contributed by atoms with Crippen molar-refractivity contribution < 1.29 is 9.18 Å². The van der Waals surface area contributed by atoms with Crippen LogP contribution in [0.4, 0.5) is 10.1 Å². The fraction of sp³-hybridized carbons (Fsp3) is 0.304. The number of rotatable bonds is 6. The van der Waals surface area contributed by atoms with Crippen molar-refractivity contribution in [3.63, 3.8) is 0 Å². The van der Waals surface area contributed by atoms with Gasteiger partial charge in [-0.1, -0.05) is 13.8 Å². The first kappa shape index (κ1) is 20.1. The molecule has 1 aromatic carbocycles. The number of pyridine rings is 1. The number of amides is 1. The summed E-state index contributed by atoms with van der Waals surface area (Å²) >= 11 is 0. The molecular weight excluding hydrogens is 383 g/mol. The number of aromatic nitrogens is 2. The molecule has 3 heterocycles. The summed E-state index contributed by atoms with van der Waals surface area (Å²) in [6, 6.07) is 6.10. The molecule has 0 spiro atoms. The molecule has 7 heteroatoms. The maximum atomic E-state index is 13.7. The number of fused-ring (bicyclic) bond motifs is 2. The molecule has 3 aromatic rings. The first-order valence-corrected chi connectivity index (χ1v) is 10.2. The van der Waals surface area contributed by atoms with Crippen LogP contribution >= 0.6 is 0 Å². The van der Waals surface area contributed by atoms with Gasteiger partial charge in [0.15, 0.2) is 0 Å². The SMILES string of the molecule is CCN(CC)CCn1ccc2[nH]c(C=C3C(=O)Nc4ccc(F)cc43)c(C)c2c1=O. The van der Waals surface area contributed by atoms with Crippen molar-refractivity contribution in [1.82, 2.24) is 14.5 Å². The number of nitrogens with one attached hydrogen (secondary N) is 2. The molecule has 2 aromatic heterocycles. The van der Waals surface area contributed by atoms with Crippen LogP contribution < -0.4 is 10.9 Å². The summed E-state index contributed by atoms with van der Waals surface area (Å²) in [6.45, 7) is 9.38. The van der Waals surface area contributed by atoms with Crippen LogP contribution in [0.5, 0.6) is 0 Å². The van der Waals surface area contributed by atoms with Crippen LogP contribution in [0, 0.1) is 12.7 Å². The van der Waals surface area contributed by atoms with Crippen LogP contribution in [-0.4, -0.2) is 40.0 Å². The van der Waals surface area contributed by atoms with E-state index in [9.17, 15) is 14.0 Å². The van der Waals surface area contributed by atoms with Crippen LogP contribution in [0.15, 0.2) is 35.3 Å². The molecule has 30 heavy (non-hydrogen) atoms. The largest absolute Gasteiger partial charge is 0.355 e. The molecule has 0 saturated carbocycles. The number of aryl methyl sites for hydroxylation is 1. The topological polar surface area (TPSA) is 70.1 Å². The first-order chi connectivity index (χ1) is 14.4. The van der Waals surface area contributed by atoms with Crippen molar-refractivity contribution in [2.24, 2.45) is 0 Å². The zero-order valence-electron chi connectivity index (χ0n) is 17.4. The van der Waals surface area contributed by atoms with E-state index in [1.165, 1.54) is 12.1 Å². The number of halogens is 1. The van der Waals surface area contributed by atoms with Crippen molar-refractivity contribution >= 4 is 34.1 Å². The number of benzene rings is 1. The lowest BCUT2D eigenvalue weighted by molar-refractivity contribution is -0.110. The smallest absolute Gasteiger partial charge is 0.260 e. The number of H-pyrrole nitrogens is 1. The molecule has 1 aliphatic heterocycles. The molecule has 0 unspecified atom stereocenters. The third kappa shape index (κ3) is 3.45. The second kappa shape index (κ2) is 7.91. The summed E-state index contributed by atoms with van der Waals surface area (Å²) in [5.41, 5.74) is 3.60. The van der Waals surface area contributed by atoms with E-state index in [0.29, 0.717) is 34.4 Å². The van der Waals surface area contributed by atoms with Crippen molar-refractivity contribution in [2.45, 2.75) is 27.3 Å². The molecule has 0 saturated heterocycles. The zero-order valence-corrected chi connectivity index (χ0v) is 17.4. The molecule has 0 bridgehead atoms. The maximum Gasteiger partial charge on any atom is 0.260 e. The van der Waals surface area contributed by atoms with Crippen LogP contribution in [0.1, 0.15) is 30.7 Å². The lowest BCUT2D eigenvalue weighted by Crippen LogP contribution is -2.30. The Bertz CT molecular complexity index is 1220. The first-order valence-electron chi connectivity index (χ1n) is 10.2. The Morgan fingerprint density at radius 2 is 1.93 bits per heavy atom. The maximum absolute atomic E-state index is 13.7. The highest BCUT2D eigenvalue weighted by Crippen LogP contribution is 2.34. The Morgan fingerprint density at radius 3 is 2.67 bits per heavy atom. The Labute approximate surface area is 174 Å². The van der Waals surface area contributed by atoms with Gasteiger partial charge >= 0.3 is 0 Å². The molecule has 156 valence electrons. The summed E-state index contributed by atoms with van der Waals surface area (Å²) in [7, 11) is 0. The number of carbonyl (C=O) groups excluding carboxylic acids is 1. The van der Waals surface area contributed by atoms with E-state index in [0.717, 1.165) is 30.7 Å². The molecule has 2 N–H and O–H groups in total. The number of likely N-dealkylation sites (N-methyl/N-ethyl adjacent to an activating group) is 1. The third-order valence-electron chi connectivity index (χ3n) is 5.82. The number of carbonyl (C=O) groups is 1. The molecule has 0 atom stereocenters. The molecule has 1 amide bonds. The fourth-order valence-electron chi connectivity index (χ4n) is 3.97. The number of anilines is 1. The number of nitrogens with zero attached hydrogens (tertiary/aromatic N) is 2. The quantitative estimate of drug-likeness (QED) is 0.612. The Balaban J connectivity index is 1.74. The highest BCUT2D eigenvalue weighted by atomic mass is 19.1. The van der Waals surface area contributed by atoms with E-state index in [1.807, 2.05) is 13.0 Å². The van der Waals surface area contributed by atoms with Gasteiger partial charge in [-0.05, 0) is 55.9 Å². The molecule has 0 radical (unpaired) electrons. The molecule has 6 nitrogen and oxygen atoms in total. The number of aromatic amines is 1. The lowest BCUT2D eigenvalue weighted by atomic mass is 10.0. The van der Waals surface area contributed by atoms with Gasteiger partial charge in [0.2, 0.25) is 0 Å². The minimum absolute atomic E-state index is 0.0552. The Hall–Kier alpha value is -3.19. The second-order valence-electron chi connectivity index (χ2n) is 7.50. The van der Waals surface area contributed by atoms with Gasteiger partial charge in [0.1, 0.15) is 5.82 Å². The van der Waals surface area contributed by atoms with E-state index in [4.69, 9.17) is 0 Å². The molecule has 0 fully saturated rings. The monoisotopic (exact) mass is 408 g/mol. The molecule has 1 aliphatic rings. The predicted octanol–water partition coefficient (Wildman–Crippen LogP) is 3.61. The van der Waals surface area contributed by atoms with Crippen molar-refractivity contribution in [1.29, 1.82) is 0 Å². The molecule has 0 aliphatic carbocycles. The standard InChI is InChI=1S/C23H25FN4O2/c1-4-27(5-2)10-11-28-9-8-19-21(23(28)30)14(3)20(25-19)13-17-16-12-15(24)6-7-18(16)26-22(17)29/h6-9,12-13,25H,4-5,10-11H2,1-3H3,(H,26,29). The van der Waals surface area contributed by atoms with Crippen molar-refractivity contribution in [3.8, 4) is 0 Å². The lowest BCUT2D eigenvalue weighted by Gasteiger charge is -2.18. The fourth-order valence-corrected chi connectivity index (χ4v) is 3.97. The molecular formula is C23H25FN4O2. The second-order valence-corrected chi connectivity index (χ2v) is 7.50. The van der Waals surface area contributed by atoms with Crippen LogP contribution in [-0.2, 0) is 11.3 Å². The van der Waals surface area contributed by atoms with Gasteiger partial charge in [0, 0.05) is 36.2 Å². The van der Waals surface area contributed by atoms with Gasteiger partial charge in [0.05, 0.1) is 16.5 Å². The van der Waals surface area contributed by atoms with Gasteiger partial charge in [0.25, 0.3) is 11.5 Å². The number of hydrogen-bond donors (Lipinski definition) is 2. The van der Waals surface area contributed by atoms with E-state index in [1.54, 1.807) is 22.9 Å². The zero-order chi connectivity index (χ0) is 21.4. The van der Waals surface area contributed by atoms with Gasteiger partial charge in [-0.15, -0.1) is 0 Å². The summed E-state index contributed by atoms with van der Waals surface area (Å²) < 4.78 is 15.4. The average Bonchev–Trinajstić information content (AvgIpc) is 3.21. The summed E-state index contributed by atoms with van der Waals surface area (Å²) in [5.74, 6) is -0.689. The summed E-state index contributed by atoms with van der Waals surface area (Å²) in [6.07, 6.45) is 3.49. The van der Waals surface area contributed by atoms with E-state index in [-0.39, 0.29) is 11.5 Å². The normalized spacial score (nSPS) is 14.7. The minimum atomic E-state index is -0.402. The molecule has 4 rings (SSSR count). The van der Waals surface area contributed by atoms with Crippen molar-refractivity contribution in [2.75, 3.05) is 25.0 Å². The van der Waals surface area contributed by atoms with Crippen LogP contribution in [0.25, 0.3) is 22.6 Å². The average molecular weight is 408 g/mol. The predicted molar refractivity (Wildman–Crippen MR) is 118 cm³/mol. The third-order valence-corrected chi connectivity index (χ3v) is 5.82. The summed E-state index contributed by atoms with van der Waals surface area (Å²) in [5, 5.41) is 3.36. The Morgan fingerprint density at radius 1 is 1.17 bits per heavy atom. The van der Waals surface area contributed by atoms with E-state index >= 15 is 0 Å². The Kier molecular flexibility index (Phi) is 5.30. The minimum Gasteiger partial charge on any atom is -0.355 e. The highest BCUT2D eigenvalue weighted by Gasteiger charge is 2.25. The van der Waals surface area contributed by atoms with Crippen LogP contribution in [0.2, 0.25) is 0 Å². The number of hydrogen-bond acceptors (Lipinski definition) is 3. The van der Waals surface area contributed by atoms with E-state index < -0.39 is 5.82 Å². The van der Waals surface area contributed by atoms with Crippen LogP contribution in [0.3, 0.4) is 0 Å². The van der Waals surface area contributed by atoms with Gasteiger partial charge in [-0.3, -0.25) is 9.59 Å². The van der Waals surface area contributed by atoms with E-state index in [2.05, 4.69) is 29.0 Å². The summed E-state index contributed by atoms with van der Waals surface area (Å²) in [4.78, 5) is 31.0. The van der Waals surface area contributed by atoms with Gasteiger partial charge in [-0.25, -0.2) is 4.39 Å². The van der Waals surface area contributed by atoms with Gasteiger partial charge in [-0.2, -0.15) is 0 Å². The van der Waals surface area contributed by atoms with Gasteiger partial charge < -0.3 is 19.8 Å². The van der Waals surface area contributed by atoms with Crippen molar-refractivity contribution in [3.05, 3.63) is 63.5 Å². The highest BCUT2D eigenvalue weighted by molar-refractivity contribution is 6.35.